The van der Waals surface area contributed by atoms with Gasteiger partial charge in [-0.1, -0.05) is 12.1 Å². The first-order valence-electron chi connectivity index (χ1n) is 8.74. The van der Waals surface area contributed by atoms with Crippen LogP contribution in [0.15, 0.2) is 24.3 Å². The van der Waals surface area contributed by atoms with Crippen molar-refractivity contribution in [1.29, 1.82) is 0 Å². The summed E-state index contributed by atoms with van der Waals surface area (Å²) in [4.78, 5) is 17.1. The summed E-state index contributed by atoms with van der Waals surface area (Å²) in [6.07, 6.45) is 1.02. The fraction of sp³-hybridized carbons (Fsp3) is 0.611. The zero-order chi connectivity index (χ0) is 16.8. The monoisotopic (exact) mass is 365 g/mol. The molecule has 0 aromatic heterocycles. The van der Waals surface area contributed by atoms with Crippen molar-refractivity contribution in [2.75, 3.05) is 57.8 Å². The van der Waals surface area contributed by atoms with E-state index in [4.69, 9.17) is 0 Å². The van der Waals surface area contributed by atoms with Gasteiger partial charge in [0.1, 0.15) is 0 Å². The van der Waals surface area contributed by atoms with Crippen molar-refractivity contribution in [3.63, 3.8) is 0 Å². The molecule has 0 radical (unpaired) electrons. The Hall–Kier alpha value is -0.690. The van der Waals surface area contributed by atoms with Crippen LogP contribution in [0.25, 0.3) is 0 Å². The van der Waals surface area contributed by atoms with Crippen LogP contribution in [0.3, 0.4) is 0 Å². The zero-order valence-corrected chi connectivity index (χ0v) is 16.0. The molecule has 2 aliphatic heterocycles. The second-order valence-corrected chi connectivity index (χ2v) is 9.17. The topological polar surface area (TPSA) is 35.6 Å². The Bertz CT molecular complexity index is 524. The summed E-state index contributed by atoms with van der Waals surface area (Å²) in [5, 5.41) is 3.05. The van der Waals surface area contributed by atoms with Crippen LogP contribution < -0.4 is 5.32 Å². The van der Waals surface area contributed by atoms with Gasteiger partial charge in [-0.15, -0.1) is 23.5 Å². The van der Waals surface area contributed by atoms with Gasteiger partial charge in [0.15, 0.2) is 0 Å². The Balaban J connectivity index is 1.37. The van der Waals surface area contributed by atoms with E-state index < -0.39 is 0 Å². The van der Waals surface area contributed by atoms with Crippen molar-refractivity contribution in [3.8, 4) is 0 Å². The first-order valence-corrected chi connectivity index (χ1v) is 10.8. The van der Waals surface area contributed by atoms with Crippen molar-refractivity contribution in [1.82, 2.24) is 15.1 Å². The molecule has 0 spiro atoms. The normalized spacial score (nSPS) is 20.4. The number of hydrogen-bond donors (Lipinski definition) is 1. The maximum atomic E-state index is 12.2. The van der Waals surface area contributed by atoms with Gasteiger partial charge >= 0.3 is 0 Å². The maximum absolute atomic E-state index is 12.2. The van der Waals surface area contributed by atoms with Crippen molar-refractivity contribution in [2.24, 2.45) is 0 Å². The third-order valence-corrected chi connectivity index (χ3v) is 7.70. The predicted molar refractivity (Wildman–Crippen MR) is 105 cm³/mol. The molecule has 0 aliphatic carbocycles. The minimum absolute atomic E-state index is 0.0478. The molecular formula is C18H27N3OS2. The molecule has 0 bridgehead atoms. The Labute approximate surface area is 153 Å². The summed E-state index contributed by atoms with van der Waals surface area (Å²) in [7, 11) is 2.17. The molecule has 3 rings (SSSR count). The Morgan fingerprint density at radius 3 is 2.46 bits per heavy atom. The van der Waals surface area contributed by atoms with Gasteiger partial charge in [0.2, 0.25) is 0 Å². The van der Waals surface area contributed by atoms with Gasteiger partial charge in [-0.3, -0.25) is 4.79 Å². The molecule has 0 atom stereocenters. The fourth-order valence-corrected chi connectivity index (χ4v) is 5.88. The van der Waals surface area contributed by atoms with Gasteiger partial charge in [-0.25, -0.2) is 0 Å². The minimum atomic E-state index is 0.0478. The van der Waals surface area contributed by atoms with E-state index in [9.17, 15) is 4.79 Å². The van der Waals surface area contributed by atoms with Gasteiger partial charge in [-0.05, 0) is 37.7 Å². The number of benzene rings is 1. The number of nitrogens with one attached hydrogen (secondary N) is 1. The maximum Gasteiger partial charge on any atom is 0.251 e. The van der Waals surface area contributed by atoms with E-state index in [0.717, 1.165) is 51.3 Å². The lowest BCUT2D eigenvalue weighted by Crippen LogP contribution is -2.45. The highest BCUT2D eigenvalue weighted by Crippen LogP contribution is 2.45. The minimum Gasteiger partial charge on any atom is -0.352 e. The van der Waals surface area contributed by atoms with Gasteiger partial charge < -0.3 is 15.1 Å². The van der Waals surface area contributed by atoms with E-state index >= 15 is 0 Å². The molecule has 2 saturated heterocycles. The SMILES string of the molecule is CN1CCN(CCCNC(=O)c2ccc(C3SCCS3)cc2)CC1. The van der Waals surface area contributed by atoms with Crippen LogP contribution >= 0.6 is 23.5 Å². The van der Waals surface area contributed by atoms with E-state index in [0.29, 0.717) is 4.58 Å². The standard InChI is InChI=1S/C18H27N3OS2/c1-20-9-11-21(12-10-20)8-2-7-19-17(22)15-3-5-16(6-4-15)18-23-13-14-24-18/h3-6,18H,2,7-14H2,1H3,(H,19,22). The molecule has 0 saturated carbocycles. The van der Waals surface area contributed by atoms with Crippen LogP contribution in [-0.2, 0) is 0 Å². The fourth-order valence-electron chi connectivity index (χ4n) is 3.02. The summed E-state index contributed by atoms with van der Waals surface area (Å²) >= 11 is 3.99. The molecule has 1 aromatic rings. The largest absolute Gasteiger partial charge is 0.352 e. The number of hydrogen-bond acceptors (Lipinski definition) is 5. The van der Waals surface area contributed by atoms with Crippen molar-refractivity contribution in [2.45, 2.75) is 11.0 Å². The lowest BCUT2D eigenvalue weighted by Gasteiger charge is -2.32. The number of amides is 1. The molecule has 6 heteroatoms. The second kappa shape index (κ2) is 9.13. The first-order chi connectivity index (χ1) is 11.7. The third kappa shape index (κ3) is 5.15. The van der Waals surface area contributed by atoms with E-state index in [1.165, 1.54) is 17.1 Å². The summed E-state index contributed by atoms with van der Waals surface area (Å²) in [6.45, 7) is 6.41. The first kappa shape index (κ1) is 18.1. The average Bonchev–Trinajstić information content (AvgIpc) is 3.15. The van der Waals surface area contributed by atoms with Crippen molar-refractivity contribution in [3.05, 3.63) is 35.4 Å². The number of carbonyl (C=O) groups is 1. The zero-order valence-electron chi connectivity index (χ0n) is 14.4. The highest BCUT2D eigenvalue weighted by Gasteiger charge is 2.18. The van der Waals surface area contributed by atoms with E-state index in [-0.39, 0.29) is 5.91 Å². The van der Waals surface area contributed by atoms with Gasteiger partial charge in [0, 0.05) is 49.8 Å². The molecule has 1 N–H and O–H groups in total. The molecule has 24 heavy (non-hydrogen) atoms. The van der Waals surface area contributed by atoms with Crippen molar-refractivity contribution >= 4 is 29.4 Å². The average molecular weight is 366 g/mol. The summed E-state index contributed by atoms with van der Waals surface area (Å²) in [5.41, 5.74) is 2.10. The molecule has 1 aromatic carbocycles. The second-order valence-electron chi connectivity index (χ2n) is 6.45. The summed E-state index contributed by atoms with van der Waals surface area (Å²) < 4.78 is 0.547. The number of nitrogens with zero attached hydrogens (tertiary/aromatic N) is 2. The highest BCUT2D eigenvalue weighted by atomic mass is 32.2. The van der Waals surface area contributed by atoms with Crippen LogP contribution in [0.1, 0.15) is 26.9 Å². The number of carbonyl (C=O) groups excluding carboxylic acids is 1. The van der Waals surface area contributed by atoms with E-state index in [2.05, 4.69) is 34.3 Å². The van der Waals surface area contributed by atoms with Crippen molar-refractivity contribution < 1.29 is 4.79 Å². The van der Waals surface area contributed by atoms with Gasteiger partial charge in [-0.2, -0.15) is 0 Å². The molecule has 4 nitrogen and oxygen atoms in total. The Morgan fingerprint density at radius 2 is 1.79 bits per heavy atom. The lowest BCUT2D eigenvalue weighted by molar-refractivity contribution is 0.0949. The van der Waals surface area contributed by atoms with Crippen LogP contribution in [0.5, 0.6) is 0 Å². The molecule has 2 aliphatic rings. The molecule has 1 amide bonds. The summed E-state index contributed by atoms with van der Waals surface area (Å²) in [6, 6.07) is 8.14. The van der Waals surface area contributed by atoms with Crippen LogP contribution in [0.2, 0.25) is 0 Å². The number of likely N-dealkylation sites (N-methyl/N-ethyl adjacent to an activating group) is 1. The number of piperazine rings is 1. The molecular weight excluding hydrogens is 338 g/mol. The van der Waals surface area contributed by atoms with E-state index in [1.807, 2.05) is 35.7 Å². The Morgan fingerprint density at radius 1 is 1.12 bits per heavy atom. The van der Waals surface area contributed by atoms with Crippen LogP contribution in [0.4, 0.5) is 0 Å². The smallest absolute Gasteiger partial charge is 0.251 e. The molecule has 2 fully saturated rings. The summed E-state index contributed by atoms with van der Waals surface area (Å²) in [5.74, 6) is 2.50. The van der Waals surface area contributed by atoms with Crippen LogP contribution in [-0.4, -0.2) is 73.5 Å². The van der Waals surface area contributed by atoms with Crippen LogP contribution in [0, 0.1) is 0 Å². The van der Waals surface area contributed by atoms with E-state index in [1.54, 1.807) is 0 Å². The van der Waals surface area contributed by atoms with Gasteiger partial charge in [0.25, 0.3) is 5.91 Å². The highest BCUT2D eigenvalue weighted by molar-refractivity contribution is 8.19. The van der Waals surface area contributed by atoms with Gasteiger partial charge in [0.05, 0.1) is 4.58 Å². The number of rotatable bonds is 6. The molecule has 0 unspecified atom stereocenters. The Kier molecular flexibility index (Phi) is 6.89. The molecule has 132 valence electrons. The lowest BCUT2D eigenvalue weighted by atomic mass is 10.1. The predicted octanol–water partition coefficient (Wildman–Crippen LogP) is 2.53. The molecule has 2 heterocycles. The third-order valence-electron chi connectivity index (χ3n) is 4.60. The number of thioether (sulfide) groups is 2. The quantitative estimate of drug-likeness (QED) is 0.784.